The predicted octanol–water partition coefficient (Wildman–Crippen LogP) is -7.58. The van der Waals surface area contributed by atoms with Crippen LogP contribution in [-0.2, 0) is 28.4 Å². The van der Waals surface area contributed by atoms with E-state index in [4.69, 9.17) is 68.4 Å². The number of rotatable bonds is 10. The summed E-state index contributed by atoms with van der Waals surface area (Å²) in [6, 6.07) is -4.26. The standard InChI is InChI=1S/C23H45N9O12/c24-2-7-13(34)15(36)10(28)21(39-7)42-18-6(27)1-5(26)12(33)20(18)44-23-17(38)19(9(41-23)4-31-32-30)43-22-11(29)16(37)14(35)8(3-25)40-22/h5-23,33-38H,1-4,24-29H2. The van der Waals surface area contributed by atoms with Crippen LogP contribution in [0.5, 0.6) is 0 Å². The minimum Gasteiger partial charge on any atom is -0.389 e. The number of aliphatic hydroxyl groups excluding tert-OH is 6. The number of nitrogens with zero attached hydrogens (tertiary/aromatic N) is 3. The summed E-state index contributed by atoms with van der Waals surface area (Å²) in [7, 11) is 0. The Bertz CT molecular complexity index is 985. The van der Waals surface area contributed by atoms with Gasteiger partial charge in [0.05, 0.1) is 30.8 Å². The smallest absolute Gasteiger partial charge is 0.187 e. The van der Waals surface area contributed by atoms with Crippen LogP contribution < -0.4 is 34.4 Å². The van der Waals surface area contributed by atoms with Gasteiger partial charge >= 0.3 is 0 Å². The first kappa shape index (κ1) is 35.4. The molecule has 4 aliphatic rings. The van der Waals surface area contributed by atoms with Crippen molar-refractivity contribution in [1.29, 1.82) is 0 Å². The quantitative estimate of drug-likeness (QED) is 0.0599. The average Bonchev–Trinajstić information content (AvgIpc) is 3.29. The highest BCUT2D eigenvalue weighted by Gasteiger charge is 2.54. The van der Waals surface area contributed by atoms with Crippen molar-refractivity contribution in [2.45, 2.75) is 123 Å². The fourth-order valence-corrected chi connectivity index (χ4v) is 5.86. The van der Waals surface area contributed by atoms with Gasteiger partial charge in [0.25, 0.3) is 0 Å². The summed E-state index contributed by atoms with van der Waals surface area (Å²) >= 11 is 0. The minimum atomic E-state index is -1.63. The summed E-state index contributed by atoms with van der Waals surface area (Å²) in [5.74, 6) is 0. The zero-order valence-corrected chi connectivity index (χ0v) is 23.7. The molecule has 21 nitrogen and oxygen atoms in total. The first-order valence-corrected chi connectivity index (χ1v) is 14.3. The topological polar surface area (TPSA) is 382 Å². The maximum atomic E-state index is 11.3. The molecule has 0 aromatic rings. The number of ether oxygens (including phenoxy) is 6. The van der Waals surface area contributed by atoms with Crippen molar-refractivity contribution in [2.24, 2.45) is 39.5 Å². The Kier molecular flexibility index (Phi) is 12.1. The normalized spacial score (nSPS) is 51.6. The summed E-state index contributed by atoms with van der Waals surface area (Å²) < 4.78 is 35.0. The van der Waals surface area contributed by atoms with Crippen LogP contribution in [0.2, 0.25) is 0 Å². The molecule has 4 fully saturated rings. The number of nitrogens with two attached hydrogens (primary N) is 6. The molecule has 3 aliphatic heterocycles. The molecule has 1 aliphatic carbocycles. The number of hydrogen-bond acceptors (Lipinski definition) is 19. The zero-order chi connectivity index (χ0) is 32.5. The van der Waals surface area contributed by atoms with E-state index in [0.717, 1.165) is 0 Å². The van der Waals surface area contributed by atoms with Crippen LogP contribution >= 0.6 is 0 Å². The van der Waals surface area contributed by atoms with Crippen molar-refractivity contribution in [1.82, 2.24) is 0 Å². The second-order valence-electron chi connectivity index (χ2n) is 11.5. The van der Waals surface area contributed by atoms with Crippen molar-refractivity contribution in [3.63, 3.8) is 0 Å². The average molecular weight is 640 g/mol. The van der Waals surface area contributed by atoms with Gasteiger partial charge in [-0.3, -0.25) is 0 Å². The van der Waals surface area contributed by atoms with E-state index >= 15 is 0 Å². The first-order valence-electron chi connectivity index (χ1n) is 14.3. The molecule has 0 bridgehead atoms. The molecule has 19 unspecified atom stereocenters. The lowest BCUT2D eigenvalue weighted by atomic mass is 9.84. The van der Waals surface area contributed by atoms with Gasteiger partial charge in [-0.15, -0.1) is 0 Å². The van der Waals surface area contributed by atoms with Gasteiger partial charge in [-0.25, -0.2) is 0 Å². The van der Waals surface area contributed by atoms with Crippen LogP contribution in [0.3, 0.4) is 0 Å². The van der Waals surface area contributed by atoms with Crippen molar-refractivity contribution in [2.75, 3.05) is 19.6 Å². The molecule has 0 radical (unpaired) electrons. The summed E-state index contributed by atoms with van der Waals surface area (Å²) in [5.41, 5.74) is 44.7. The van der Waals surface area contributed by atoms with Crippen LogP contribution in [-0.4, -0.2) is 167 Å². The zero-order valence-electron chi connectivity index (χ0n) is 23.7. The number of azide groups is 1. The Morgan fingerprint density at radius 1 is 0.614 bits per heavy atom. The van der Waals surface area contributed by atoms with E-state index < -0.39 is 116 Å². The largest absolute Gasteiger partial charge is 0.389 e. The third-order valence-corrected chi connectivity index (χ3v) is 8.52. The number of hydrogen-bond donors (Lipinski definition) is 12. The van der Waals surface area contributed by atoms with Crippen LogP contribution in [0, 0.1) is 0 Å². The van der Waals surface area contributed by atoms with E-state index in [2.05, 4.69) is 10.0 Å². The van der Waals surface area contributed by atoms with E-state index in [-0.39, 0.29) is 26.1 Å². The first-order chi connectivity index (χ1) is 20.8. The van der Waals surface area contributed by atoms with Gasteiger partial charge in [0.15, 0.2) is 18.9 Å². The Hall–Kier alpha value is -1.41. The molecule has 0 aromatic carbocycles. The summed E-state index contributed by atoms with van der Waals surface area (Å²) in [4.78, 5) is 2.70. The highest BCUT2D eigenvalue weighted by atomic mass is 16.8. The molecule has 254 valence electrons. The van der Waals surface area contributed by atoms with Crippen molar-refractivity contribution < 1.29 is 59.1 Å². The number of aliphatic hydroxyl groups is 6. The molecule has 0 aromatic heterocycles. The van der Waals surface area contributed by atoms with Gasteiger partial charge in [0.1, 0.15) is 61.0 Å². The maximum Gasteiger partial charge on any atom is 0.187 e. The van der Waals surface area contributed by atoms with Crippen molar-refractivity contribution in [3.8, 4) is 0 Å². The van der Waals surface area contributed by atoms with E-state index in [0.29, 0.717) is 0 Å². The van der Waals surface area contributed by atoms with Crippen LogP contribution in [0.25, 0.3) is 10.4 Å². The third kappa shape index (κ3) is 7.11. The SMILES string of the molecule is [N-]=[N+]=NCC1OC(OC2C(O)C(N)CC(N)C2OC2OC(CN)C(O)C(O)C2N)C(O)C1OC1OC(CN)C(O)C(O)C1N. The lowest BCUT2D eigenvalue weighted by Crippen LogP contribution is -2.68. The van der Waals surface area contributed by atoms with E-state index in [1.165, 1.54) is 0 Å². The van der Waals surface area contributed by atoms with Gasteiger partial charge in [-0.1, -0.05) is 5.11 Å². The van der Waals surface area contributed by atoms with Crippen LogP contribution in [0.1, 0.15) is 6.42 Å². The fourth-order valence-electron chi connectivity index (χ4n) is 5.86. The summed E-state index contributed by atoms with van der Waals surface area (Å²) in [6.07, 6.45) is -20.0. The monoisotopic (exact) mass is 639 g/mol. The minimum absolute atomic E-state index is 0.0753. The Balaban J connectivity index is 1.54. The van der Waals surface area contributed by atoms with E-state index in [1.54, 1.807) is 0 Å². The molecule has 3 saturated heterocycles. The predicted molar refractivity (Wildman–Crippen MR) is 145 cm³/mol. The Labute approximate surface area is 251 Å². The summed E-state index contributed by atoms with van der Waals surface area (Å²) in [5, 5.41) is 66.9. The maximum absolute atomic E-state index is 11.3. The van der Waals surface area contributed by atoms with Crippen molar-refractivity contribution in [3.05, 3.63) is 10.4 Å². The molecule has 19 atom stereocenters. The Morgan fingerprint density at radius 3 is 1.59 bits per heavy atom. The van der Waals surface area contributed by atoms with Crippen molar-refractivity contribution >= 4 is 0 Å². The molecule has 4 rings (SSSR count). The molecule has 0 spiro atoms. The second-order valence-corrected chi connectivity index (χ2v) is 11.5. The van der Waals surface area contributed by atoms with Gasteiger partial charge in [0.2, 0.25) is 0 Å². The van der Waals surface area contributed by atoms with Gasteiger partial charge in [0, 0.05) is 30.1 Å². The van der Waals surface area contributed by atoms with Crippen LogP contribution in [0.15, 0.2) is 5.11 Å². The Morgan fingerprint density at radius 2 is 1.09 bits per heavy atom. The molecule has 3 heterocycles. The van der Waals surface area contributed by atoms with Gasteiger partial charge in [-0.05, 0) is 12.0 Å². The molecule has 1 saturated carbocycles. The second kappa shape index (κ2) is 15.0. The molecule has 21 heteroatoms. The highest BCUT2D eigenvalue weighted by molar-refractivity contribution is 5.02. The highest BCUT2D eigenvalue weighted by Crippen LogP contribution is 2.34. The summed E-state index contributed by atoms with van der Waals surface area (Å²) in [6.45, 7) is -0.690. The van der Waals surface area contributed by atoms with Crippen LogP contribution in [0.4, 0.5) is 0 Å². The third-order valence-electron chi connectivity index (χ3n) is 8.52. The molecule has 44 heavy (non-hydrogen) atoms. The van der Waals surface area contributed by atoms with E-state index in [1.807, 2.05) is 0 Å². The fraction of sp³-hybridized carbons (Fsp3) is 1.00. The van der Waals surface area contributed by atoms with Gasteiger partial charge < -0.3 is 93.5 Å². The molecule has 18 N–H and O–H groups in total. The van der Waals surface area contributed by atoms with Gasteiger partial charge in [-0.2, -0.15) is 0 Å². The molecular weight excluding hydrogens is 594 g/mol. The lowest BCUT2D eigenvalue weighted by Gasteiger charge is -2.47. The molecule has 0 amide bonds. The van der Waals surface area contributed by atoms with E-state index in [9.17, 15) is 30.6 Å². The molecular formula is C23H45N9O12. The lowest BCUT2D eigenvalue weighted by molar-refractivity contribution is -0.306.